The monoisotopic (exact) mass is 401 g/mol. The summed E-state index contributed by atoms with van der Waals surface area (Å²) in [5.74, 6) is -0.756. The highest BCUT2D eigenvalue weighted by atomic mass is 35.5. The third-order valence-electron chi connectivity index (χ3n) is 4.74. The highest BCUT2D eigenvalue weighted by molar-refractivity contribution is 6.30. The standard InChI is InChI=1S/C17H21ClFN5O.ClH/c1-11-15(16(25)21-10-17(2)5-7-20-8-6-17)22-23-24(11)12-3-4-14(19)13(18)9-12;/h3-4,9,20H,5-8,10H2,1-2H3,(H,21,25);1H. The van der Waals surface area contributed by atoms with E-state index in [1.54, 1.807) is 13.0 Å². The number of nitrogens with zero attached hydrogens (tertiary/aromatic N) is 3. The van der Waals surface area contributed by atoms with E-state index < -0.39 is 5.82 Å². The Labute approximate surface area is 162 Å². The highest BCUT2D eigenvalue weighted by Crippen LogP contribution is 2.27. The second kappa shape index (κ2) is 8.33. The number of hydrogen-bond donors (Lipinski definition) is 2. The Morgan fingerprint density at radius 2 is 2.12 bits per heavy atom. The van der Waals surface area contributed by atoms with Crippen LogP contribution in [0.4, 0.5) is 4.39 Å². The summed E-state index contributed by atoms with van der Waals surface area (Å²) in [5, 5.41) is 14.3. The van der Waals surface area contributed by atoms with Gasteiger partial charge in [0.1, 0.15) is 5.82 Å². The molecule has 1 saturated heterocycles. The van der Waals surface area contributed by atoms with E-state index in [4.69, 9.17) is 11.6 Å². The molecule has 0 radical (unpaired) electrons. The van der Waals surface area contributed by atoms with Crippen molar-refractivity contribution in [1.82, 2.24) is 25.6 Å². The molecule has 9 heteroatoms. The smallest absolute Gasteiger partial charge is 0.273 e. The zero-order valence-corrected chi connectivity index (χ0v) is 16.3. The van der Waals surface area contributed by atoms with Gasteiger partial charge in [0.05, 0.1) is 16.4 Å². The number of benzene rings is 1. The van der Waals surface area contributed by atoms with Gasteiger partial charge in [0.15, 0.2) is 5.69 Å². The molecular weight excluding hydrogens is 380 g/mol. The summed E-state index contributed by atoms with van der Waals surface area (Å²) in [4.78, 5) is 12.5. The lowest BCUT2D eigenvalue weighted by molar-refractivity contribution is 0.0916. The van der Waals surface area contributed by atoms with Crippen LogP contribution in [0.5, 0.6) is 0 Å². The van der Waals surface area contributed by atoms with Gasteiger partial charge >= 0.3 is 0 Å². The molecule has 0 saturated carbocycles. The fraction of sp³-hybridized carbons (Fsp3) is 0.471. The second-order valence-electron chi connectivity index (χ2n) is 6.78. The Morgan fingerprint density at radius 1 is 1.42 bits per heavy atom. The SMILES string of the molecule is Cc1c(C(=O)NCC2(C)CCNCC2)nnn1-c1ccc(F)c(Cl)c1.Cl. The molecule has 0 atom stereocenters. The van der Waals surface area contributed by atoms with E-state index in [0.717, 1.165) is 25.9 Å². The zero-order chi connectivity index (χ0) is 18.0. The molecular formula is C17H22Cl2FN5O. The molecule has 1 fully saturated rings. The van der Waals surface area contributed by atoms with E-state index in [0.29, 0.717) is 17.9 Å². The number of nitrogens with one attached hydrogen (secondary N) is 2. The fourth-order valence-electron chi connectivity index (χ4n) is 2.99. The van der Waals surface area contributed by atoms with Crippen LogP contribution in [-0.4, -0.2) is 40.5 Å². The highest BCUT2D eigenvalue weighted by Gasteiger charge is 2.28. The lowest BCUT2D eigenvalue weighted by Crippen LogP contribution is -2.43. The van der Waals surface area contributed by atoms with Crippen molar-refractivity contribution in [3.8, 4) is 5.69 Å². The third-order valence-corrected chi connectivity index (χ3v) is 5.03. The minimum atomic E-state index is -0.503. The van der Waals surface area contributed by atoms with E-state index in [1.807, 2.05) is 0 Å². The van der Waals surface area contributed by atoms with Crippen molar-refractivity contribution < 1.29 is 9.18 Å². The molecule has 1 aliphatic rings. The number of hydrogen-bond acceptors (Lipinski definition) is 4. The van der Waals surface area contributed by atoms with E-state index >= 15 is 0 Å². The number of rotatable bonds is 4. The van der Waals surface area contributed by atoms with Crippen LogP contribution >= 0.6 is 24.0 Å². The van der Waals surface area contributed by atoms with Crippen molar-refractivity contribution in [2.24, 2.45) is 5.41 Å². The Kier molecular flexibility index (Phi) is 6.60. The summed E-state index contributed by atoms with van der Waals surface area (Å²) in [6.07, 6.45) is 2.04. The first-order valence-corrected chi connectivity index (χ1v) is 8.64. The maximum absolute atomic E-state index is 13.3. The molecule has 26 heavy (non-hydrogen) atoms. The Bertz CT molecular complexity index is 789. The van der Waals surface area contributed by atoms with Gasteiger partial charge < -0.3 is 10.6 Å². The molecule has 0 spiro atoms. The summed E-state index contributed by atoms with van der Waals surface area (Å²) in [7, 11) is 0. The van der Waals surface area contributed by atoms with E-state index in [9.17, 15) is 9.18 Å². The number of piperidine rings is 1. The zero-order valence-electron chi connectivity index (χ0n) is 14.7. The van der Waals surface area contributed by atoms with Crippen LogP contribution in [0.2, 0.25) is 5.02 Å². The predicted molar refractivity (Wildman–Crippen MR) is 101 cm³/mol. The van der Waals surface area contributed by atoms with Crippen molar-refractivity contribution in [3.63, 3.8) is 0 Å². The topological polar surface area (TPSA) is 71.8 Å². The molecule has 3 rings (SSSR count). The number of carbonyl (C=O) groups is 1. The summed E-state index contributed by atoms with van der Waals surface area (Å²) >= 11 is 5.82. The van der Waals surface area contributed by atoms with Gasteiger partial charge in [-0.05, 0) is 56.5 Å². The molecule has 2 aromatic rings. The molecule has 1 aliphatic heterocycles. The normalized spacial score (nSPS) is 16.0. The number of halogens is 3. The van der Waals surface area contributed by atoms with E-state index in [1.165, 1.54) is 16.8 Å². The summed E-state index contributed by atoms with van der Waals surface area (Å²) < 4.78 is 14.8. The molecule has 0 unspecified atom stereocenters. The average molecular weight is 402 g/mol. The van der Waals surface area contributed by atoms with E-state index in [2.05, 4.69) is 27.9 Å². The van der Waals surface area contributed by atoms with Gasteiger partial charge in [-0.25, -0.2) is 9.07 Å². The van der Waals surface area contributed by atoms with Crippen LogP contribution in [0.1, 0.15) is 35.9 Å². The largest absolute Gasteiger partial charge is 0.350 e. The van der Waals surface area contributed by atoms with Gasteiger partial charge in [0, 0.05) is 6.54 Å². The average Bonchev–Trinajstić information content (AvgIpc) is 2.98. The quantitative estimate of drug-likeness (QED) is 0.825. The molecule has 1 aromatic carbocycles. The first-order valence-electron chi connectivity index (χ1n) is 8.26. The molecule has 2 N–H and O–H groups in total. The van der Waals surface area contributed by atoms with Crippen molar-refractivity contribution in [2.45, 2.75) is 26.7 Å². The lowest BCUT2D eigenvalue weighted by Gasteiger charge is -2.34. The van der Waals surface area contributed by atoms with Crippen molar-refractivity contribution in [2.75, 3.05) is 19.6 Å². The van der Waals surface area contributed by atoms with Gasteiger partial charge in [-0.1, -0.05) is 23.7 Å². The van der Waals surface area contributed by atoms with Gasteiger partial charge in [-0.2, -0.15) is 0 Å². The lowest BCUT2D eigenvalue weighted by atomic mass is 9.81. The van der Waals surface area contributed by atoms with Gasteiger partial charge in [-0.15, -0.1) is 17.5 Å². The maximum Gasteiger partial charge on any atom is 0.273 e. The van der Waals surface area contributed by atoms with Gasteiger partial charge in [0.2, 0.25) is 0 Å². The summed E-state index contributed by atoms with van der Waals surface area (Å²) in [6.45, 7) is 6.46. The number of carbonyl (C=O) groups excluding carboxylic acids is 1. The minimum absolute atomic E-state index is 0. The van der Waals surface area contributed by atoms with Crippen LogP contribution in [0, 0.1) is 18.2 Å². The first-order chi connectivity index (χ1) is 11.9. The molecule has 1 amide bonds. The van der Waals surface area contributed by atoms with E-state index in [-0.39, 0.29) is 34.4 Å². The molecule has 0 aliphatic carbocycles. The molecule has 6 nitrogen and oxygen atoms in total. The second-order valence-corrected chi connectivity index (χ2v) is 7.18. The van der Waals surface area contributed by atoms with Crippen LogP contribution in [-0.2, 0) is 0 Å². The summed E-state index contributed by atoms with van der Waals surface area (Å²) in [5.41, 5.74) is 1.49. The minimum Gasteiger partial charge on any atom is -0.350 e. The number of amides is 1. The van der Waals surface area contributed by atoms with Gasteiger partial charge in [0.25, 0.3) is 5.91 Å². The molecule has 0 bridgehead atoms. The maximum atomic E-state index is 13.3. The predicted octanol–water partition coefficient (Wildman–Crippen LogP) is 2.91. The summed E-state index contributed by atoms with van der Waals surface area (Å²) in [6, 6.07) is 4.26. The Hall–Kier alpha value is -1.70. The van der Waals surface area contributed by atoms with Crippen LogP contribution < -0.4 is 10.6 Å². The van der Waals surface area contributed by atoms with Crippen molar-refractivity contribution in [3.05, 3.63) is 40.4 Å². The van der Waals surface area contributed by atoms with Gasteiger partial charge in [-0.3, -0.25) is 4.79 Å². The van der Waals surface area contributed by atoms with Crippen LogP contribution in [0.3, 0.4) is 0 Å². The first kappa shape index (κ1) is 20.6. The Morgan fingerprint density at radius 3 is 2.77 bits per heavy atom. The van der Waals surface area contributed by atoms with Crippen molar-refractivity contribution >= 4 is 29.9 Å². The van der Waals surface area contributed by atoms with Crippen molar-refractivity contribution in [1.29, 1.82) is 0 Å². The number of aromatic nitrogens is 3. The van der Waals surface area contributed by atoms with Crippen LogP contribution in [0.15, 0.2) is 18.2 Å². The molecule has 142 valence electrons. The third kappa shape index (κ3) is 4.34. The molecule has 2 heterocycles. The molecule has 1 aromatic heterocycles. The fourth-order valence-corrected chi connectivity index (χ4v) is 3.16. The van der Waals surface area contributed by atoms with Crippen LogP contribution in [0.25, 0.3) is 5.69 Å². The Balaban J connectivity index is 0.00000243.